The SMILES string of the molecule is CS(=O)(=O)Nc1ccccc1C(=O)Nc1ccc(CCCO)cc1. The van der Waals surface area contributed by atoms with E-state index in [0.717, 1.165) is 18.2 Å². The van der Waals surface area contributed by atoms with E-state index in [-0.39, 0.29) is 17.9 Å². The van der Waals surface area contributed by atoms with Gasteiger partial charge in [-0.2, -0.15) is 0 Å². The molecule has 7 heteroatoms. The third kappa shape index (κ3) is 5.36. The van der Waals surface area contributed by atoms with Crippen molar-refractivity contribution in [2.24, 2.45) is 0 Å². The Morgan fingerprint density at radius 1 is 1.08 bits per heavy atom. The van der Waals surface area contributed by atoms with Gasteiger partial charge in [0.1, 0.15) is 0 Å². The Morgan fingerprint density at radius 3 is 2.38 bits per heavy atom. The van der Waals surface area contributed by atoms with Gasteiger partial charge in [-0.1, -0.05) is 24.3 Å². The average molecular weight is 348 g/mol. The van der Waals surface area contributed by atoms with Crippen molar-refractivity contribution in [3.05, 3.63) is 59.7 Å². The minimum absolute atomic E-state index is 0.141. The Bertz CT molecular complexity index is 802. The van der Waals surface area contributed by atoms with Crippen LogP contribution < -0.4 is 10.0 Å². The van der Waals surface area contributed by atoms with Crippen LogP contribution in [0.5, 0.6) is 0 Å². The molecule has 0 aliphatic rings. The molecule has 0 aliphatic heterocycles. The zero-order valence-electron chi connectivity index (χ0n) is 13.3. The van der Waals surface area contributed by atoms with E-state index in [2.05, 4.69) is 10.0 Å². The maximum absolute atomic E-state index is 12.4. The Balaban J connectivity index is 2.12. The van der Waals surface area contributed by atoms with Gasteiger partial charge < -0.3 is 10.4 Å². The molecule has 1 amide bonds. The van der Waals surface area contributed by atoms with Crippen LogP contribution in [0.2, 0.25) is 0 Å². The maximum Gasteiger partial charge on any atom is 0.257 e. The van der Waals surface area contributed by atoms with Crippen LogP contribution in [0.25, 0.3) is 0 Å². The molecule has 0 atom stereocenters. The van der Waals surface area contributed by atoms with Gasteiger partial charge in [-0.25, -0.2) is 8.42 Å². The monoisotopic (exact) mass is 348 g/mol. The van der Waals surface area contributed by atoms with Crippen LogP contribution in [0.15, 0.2) is 48.5 Å². The standard InChI is InChI=1S/C17H20N2O4S/c1-24(22,23)19-16-7-3-2-6-15(16)17(21)18-14-10-8-13(9-11-14)5-4-12-20/h2-3,6-11,19-20H,4-5,12H2,1H3,(H,18,21). The predicted octanol–water partition coefficient (Wildman–Crippen LogP) is 2.24. The van der Waals surface area contributed by atoms with Crippen molar-refractivity contribution in [3.8, 4) is 0 Å². The number of aliphatic hydroxyl groups is 1. The van der Waals surface area contributed by atoms with Gasteiger partial charge >= 0.3 is 0 Å². The number of hydrogen-bond acceptors (Lipinski definition) is 4. The van der Waals surface area contributed by atoms with Gasteiger partial charge in [0.25, 0.3) is 5.91 Å². The summed E-state index contributed by atoms with van der Waals surface area (Å²) in [4.78, 5) is 12.4. The van der Waals surface area contributed by atoms with Crippen molar-refractivity contribution in [1.29, 1.82) is 0 Å². The maximum atomic E-state index is 12.4. The van der Waals surface area contributed by atoms with Crippen LogP contribution in [0.1, 0.15) is 22.3 Å². The van der Waals surface area contributed by atoms with Crippen LogP contribution in [-0.4, -0.2) is 32.3 Å². The lowest BCUT2D eigenvalue weighted by atomic mass is 10.1. The van der Waals surface area contributed by atoms with Crippen LogP contribution in [0.4, 0.5) is 11.4 Å². The summed E-state index contributed by atoms with van der Waals surface area (Å²) in [5, 5.41) is 11.6. The van der Waals surface area contributed by atoms with E-state index in [1.807, 2.05) is 12.1 Å². The Hall–Kier alpha value is -2.38. The van der Waals surface area contributed by atoms with Gasteiger partial charge in [-0.05, 0) is 42.7 Å². The fourth-order valence-electron chi connectivity index (χ4n) is 2.21. The van der Waals surface area contributed by atoms with E-state index in [1.54, 1.807) is 30.3 Å². The topological polar surface area (TPSA) is 95.5 Å². The molecule has 128 valence electrons. The molecular weight excluding hydrogens is 328 g/mol. The third-order valence-corrected chi connectivity index (χ3v) is 3.89. The number of aliphatic hydroxyl groups excluding tert-OH is 1. The van der Waals surface area contributed by atoms with E-state index in [9.17, 15) is 13.2 Å². The first-order chi connectivity index (χ1) is 11.4. The summed E-state index contributed by atoms with van der Waals surface area (Å²) in [7, 11) is -3.47. The van der Waals surface area contributed by atoms with Gasteiger partial charge in [-0.3, -0.25) is 9.52 Å². The van der Waals surface area contributed by atoms with Crippen molar-refractivity contribution < 1.29 is 18.3 Å². The average Bonchev–Trinajstić information content (AvgIpc) is 2.53. The van der Waals surface area contributed by atoms with Gasteiger partial charge in [0.2, 0.25) is 10.0 Å². The Labute approximate surface area is 141 Å². The number of rotatable bonds is 7. The number of nitrogens with one attached hydrogen (secondary N) is 2. The number of anilines is 2. The van der Waals surface area contributed by atoms with Crippen molar-refractivity contribution in [2.75, 3.05) is 22.9 Å². The second-order valence-electron chi connectivity index (χ2n) is 5.40. The van der Waals surface area contributed by atoms with Gasteiger partial charge in [0, 0.05) is 12.3 Å². The number of benzene rings is 2. The Kier molecular flexibility index (Phi) is 5.94. The second kappa shape index (κ2) is 7.94. The number of para-hydroxylation sites is 1. The molecule has 0 spiro atoms. The number of hydrogen-bond donors (Lipinski definition) is 3. The first-order valence-corrected chi connectivity index (χ1v) is 9.36. The highest BCUT2D eigenvalue weighted by Gasteiger charge is 2.13. The molecular formula is C17H20N2O4S. The summed E-state index contributed by atoms with van der Waals surface area (Å²) in [6.07, 6.45) is 2.49. The number of carbonyl (C=O) groups excluding carboxylic acids is 1. The molecule has 0 bridgehead atoms. The molecule has 6 nitrogen and oxygen atoms in total. The highest BCUT2D eigenvalue weighted by molar-refractivity contribution is 7.92. The highest BCUT2D eigenvalue weighted by Crippen LogP contribution is 2.19. The molecule has 3 N–H and O–H groups in total. The molecule has 2 aromatic carbocycles. The fraction of sp³-hybridized carbons (Fsp3) is 0.235. The van der Waals surface area contributed by atoms with E-state index >= 15 is 0 Å². The number of amides is 1. The molecule has 0 aromatic heterocycles. The summed E-state index contributed by atoms with van der Waals surface area (Å²) in [5.41, 5.74) is 2.16. The number of sulfonamides is 1. The fourth-order valence-corrected chi connectivity index (χ4v) is 2.78. The lowest BCUT2D eigenvalue weighted by Crippen LogP contribution is -2.17. The molecule has 0 heterocycles. The van der Waals surface area contributed by atoms with Gasteiger partial charge in [-0.15, -0.1) is 0 Å². The molecule has 0 saturated carbocycles. The molecule has 0 aliphatic carbocycles. The summed E-state index contributed by atoms with van der Waals surface area (Å²) in [6.45, 7) is 0.141. The van der Waals surface area contributed by atoms with Crippen LogP contribution in [0, 0.1) is 0 Å². The third-order valence-electron chi connectivity index (χ3n) is 3.30. The van der Waals surface area contributed by atoms with Gasteiger partial charge in [0.05, 0.1) is 17.5 Å². The lowest BCUT2D eigenvalue weighted by molar-refractivity contribution is 0.102. The molecule has 0 radical (unpaired) electrons. The van der Waals surface area contributed by atoms with Crippen molar-refractivity contribution in [3.63, 3.8) is 0 Å². The van der Waals surface area contributed by atoms with Crippen LogP contribution in [-0.2, 0) is 16.4 Å². The minimum atomic E-state index is -3.47. The van der Waals surface area contributed by atoms with Crippen molar-refractivity contribution >= 4 is 27.3 Å². The molecule has 0 fully saturated rings. The highest BCUT2D eigenvalue weighted by atomic mass is 32.2. The van der Waals surface area contributed by atoms with E-state index in [4.69, 9.17) is 5.11 Å². The first-order valence-electron chi connectivity index (χ1n) is 7.47. The zero-order chi connectivity index (χ0) is 17.6. The lowest BCUT2D eigenvalue weighted by Gasteiger charge is -2.11. The summed E-state index contributed by atoms with van der Waals surface area (Å²) in [6, 6.07) is 13.7. The molecule has 2 aromatic rings. The van der Waals surface area contributed by atoms with Crippen LogP contribution in [0.3, 0.4) is 0 Å². The normalized spacial score (nSPS) is 11.1. The van der Waals surface area contributed by atoms with E-state index < -0.39 is 15.9 Å². The summed E-state index contributed by atoms with van der Waals surface area (Å²) in [5.74, 6) is -0.398. The smallest absolute Gasteiger partial charge is 0.257 e. The quantitative estimate of drug-likeness (QED) is 0.715. The van der Waals surface area contributed by atoms with E-state index in [1.165, 1.54) is 6.07 Å². The second-order valence-corrected chi connectivity index (χ2v) is 7.15. The van der Waals surface area contributed by atoms with E-state index in [0.29, 0.717) is 12.1 Å². The zero-order valence-corrected chi connectivity index (χ0v) is 14.1. The summed E-state index contributed by atoms with van der Waals surface area (Å²) >= 11 is 0. The summed E-state index contributed by atoms with van der Waals surface area (Å²) < 4.78 is 25.1. The van der Waals surface area contributed by atoms with Crippen molar-refractivity contribution in [2.45, 2.75) is 12.8 Å². The Morgan fingerprint density at radius 2 is 1.75 bits per heavy atom. The number of carbonyl (C=O) groups is 1. The first kappa shape index (κ1) is 18.0. The molecule has 24 heavy (non-hydrogen) atoms. The molecule has 2 rings (SSSR count). The van der Waals surface area contributed by atoms with Crippen molar-refractivity contribution in [1.82, 2.24) is 0 Å². The minimum Gasteiger partial charge on any atom is -0.396 e. The number of aryl methyl sites for hydroxylation is 1. The molecule has 0 unspecified atom stereocenters. The predicted molar refractivity (Wildman–Crippen MR) is 94.7 cm³/mol. The van der Waals surface area contributed by atoms with Crippen LogP contribution >= 0.6 is 0 Å². The largest absolute Gasteiger partial charge is 0.396 e. The van der Waals surface area contributed by atoms with Gasteiger partial charge in [0.15, 0.2) is 0 Å². The molecule has 0 saturated heterocycles.